The van der Waals surface area contributed by atoms with E-state index in [2.05, 4.69) is 35.1 Å². The summed E-state index contributed by atoms with van der Waals surface area (Å²) in [5, 5.41) is 3.17. The molecule has 0 spiro atoms. The van der Waals surface area contributed by atoms with Crippen molar-refractivity contribution in [1.29, 1.82) is 0 Å². The third-order valence-corrected chi connectivity index (χ3v) is 4.68. The number of hydrogen-bond acceptors (Lipinski definition) is 2. The lowest BCUT2D eigenvalue weighted by Crippen LogP contribution is -2.41. The second kappa shape index (κ2) is 5.16. The minimum atomic E-state index is -0.0227. The molecule has 0 bridgehead atoms. The molecule has 1 aromatic rings. The lowest BCUT2D eigenvalue weighted by molar-refractivity contribution is 0.0909. The molecule has 0 aromatic heterocycles. The van der Waals surface area contributed by atoms with Gasteiger partial charge in [-0.1, -0.05) is 36.2 Å². The van der Waals surface area contributed by atoms with E-state index in [1.54, 1.807) is 0 Å². The van der Waals surface area contributed by atoms with E-state index in [9.17, 15) is 4.79 Å². The van der Waals surface area contributed by atoms with Gasteiger partial charge < -0.3 is 11.1 Å². The Kier molecular flexibility index (Phi) is 3.90. The molecule has 3 N–H and O–H groups in total. The molecule has 1 fully saturated rings. The van der Waals surface area contributed by atoms with Gasteiger partial charge in [0.05, 0.1) is 0 Å². The van der Waals surface area contributed by atoms with E-state index in [0.29, 0.717) is 11.3 Å². The maximum Gasteiger partial charge on any atom is 0.251 e. The average molecular weight is 325 g/mol. The molecular weight excluding hydrogens is 304 g/mol. The molecule has 1 aliphatic carbocycles. The van der Waals surface area contributed by atoms with Crippen LogP contribution in [-0.4, -0.2) is 11.9 Å². The monoisotopic (exact) mass is 324 g/mol. The fourth-order valence-electron chi connectivity index (χ4n) is 2.77. The van der Waals surface area contributed by atoms with Crippen LogP contribution in [0.15, 0.2) is 16.6 Å². The van der Waals surface area contributed by atoms with Crippen molar-refractivity contribution in [1.82, 2.24) is 5.32 Å². The van der Waals surface area contributed by atoms with Crippen LogP contribution < -0.4 is 11.1 Å². The number of hydrogen-bond donors (Lipinski definition) is 2. The van der Waals surface area contributed by atoms with Crippen LogP contribution in [0.25, 0.3) is 0 Å². The van der Waals surface area contributed by atoms with Crippen LogP contribution in [0, 0.1) is 12.3 Å². The Labute approximate surface area is 123 Å². The Bertz CT molecular complexity index is 511. The van der Waals surface area contributed by atoms with Gasteiger partial charge in [-0.05, 0) is 42.9 Å². The normalized spacial score (nSPS) is 21.4. The highest BCUT2D eigenvalue weighted by atomic mass is 79.9. The smallest absolute Gasteiger partial charge is 0.251 e. The third-order valence-electron chi connectivity index (χ3n) is 4.22. The van der Waals surface area contributed by atoms with Crippen molar-refractivity contribution < 1.29 is 4.79 Å². The predicted octanol–water partition coefficient (Wildman–Crippen LogP) is 3.65. The summed E-state index contributed by atoms with van der Waals surface area (Å²) in [4.78, 5) is 12.4. The molecule has 2 rings (SSSR count). The summed E-state index contributed by atoms with van der Waals surface area (Å²) in [5.41, 5.74) is 8.24. The molecule has 0 heterocycles. The van der Waals surface area contributed by atoms with Gasteiger partial charge in [0.15, 0.2) is 0 Å². The van der Waals surface area contributed by atoms with Gasteiger partial charge in [-0.25, -0.2) is 0 Å². The summed E-state index contributed by atoms with van der Waals surface area (Å²) in [6, 6.07) is 3.91. The number of amides is 1. The summed E-state index contributed by atoms with van der Waals surface area (Å²) in [6.07, 6.45) is 3.40. The summed E-state index contributed by atoms with van der Waals surface area (Å²) < 4.78 is 0.839. The number of rotatable bonds is 2. The Balaban J connectivity index is 2.21. The van der Waals surface area contributed by atoms with Crippen LogP contribution in [0.4, 0.5) is 5.69 Å². The van der Waals surface area contributed by atoms with Crippen LogP contribution in [0.1, 0.15) is 49.0 Å². The Morgan fingerprint density at radius 3 is 2.74 bits per heavy atom. The van der Waals surface area contributed by atoms with Gasteiger partial charge >= 0.3 is 0 Å². The van der Waals surface area contributed by atoms with Crippen molar-refractivity contribution in [3.8, 4) is 0 Å². The van der Waals surface area contributed by atoms with Gasteiger partial charge in [-0.3, -0.25) is 4.79 Å². The van der Waals surface area contributed by atoms with Gasteiger partial charge in [0, 0.05) is 21.8 Å². The fraction of sp³-hybridized carbons (Fsp3) is 0.533. The van der Waals surface area contributed by atoms with Gasteiger partial charge in [0.1, 0.15) is 0 Å². The standard InChI is InChI=1S/C15H21BrN2O/c1-9-11(7-10(16)8-12(9)17)14(19)18-13-5-4-6-15(13,2)3/h7-8,13H,4-6,17H2,1-3H3,(H,18,19). The van der Waals surface area contributed by atoms with E-state index in [1.165, 1.54) is 6.42 Å². The number of halogens is 1. The summed E-state index contributed by atoms with van der Waals surface area (Å²) in [6.45, 7) is 6.32. The molecule has 104 valence electrons. The highest BCUT2D eigenvalue weighted by molar-refractivity contribution is 9.10. The summed E-state index contributed by atoms with van der Waals surface area (Å²) in [7, 11) is 0. The molecule has 1 aliphatic rings. The van der Waals surface area contributed by atoms with E-state index in [-0.39, 0.29) is 17.4 Å². The molecular formula is C15H21BrN2O. The molecule has 1 saturated carbocycles. The van der Waals surface area contributed by atoms with E-state index >= 15 is 0 Å². The van der Waals surface area contributed by atoms with Crippen molar-refractivity contribution >= 4 is 27.5 Å². The first kappa shape index (κ1) is 14.4. The first-order valence-electron chi connectivity index (χ1n) is 6.68. The van der Waals surface area contributed by atoms with Crippen molar-refractivity contribution in [3.63, 3.8) is 0 Å². The topological polar surface area (TPSA) is 55.1 Å². The lowest BCUT2D eigenvalue weighted by Gasteiger charge is -2.28. The highest BCUT2D eigenvalue weighted by Crippen LogP contribution is 2.37. The molecule has 0 saturated heterocycles. The highest BCUT2D eigenvalue weighted by Gasteiger charge is 2.35. The first-order valence-corrected chi connectivity index (χ1v) is 7.47. The van der Waals surface area contributed by atoms with Crippen molar-refractivity contribution in [2.75, 3.05) is 5.73 Å². The predicted molar refractivity (Wildman–Crippen MR) is 82.2 cm³/mol. The minimum Gasteiger partial charge on any atom is -0.398 e. The van der Waals surface area contributed by atoms with Gasteiger partial charge in [0.2, 0.25) is 0 Å². The zero-order chi connectivity index (χ0) is 14.2. The number of carbonyl (C=O) groups excluding carboxylic acids is 1. The fourth-order valence-corrected chi connectivity index (χ4v) is 3.24. The van der Waals surface area contributed by atoms with Crippen molar-refractivity contribution in [3.05, 3.63) is 27.7 Å². The third kappa shape index (κ3) is 2.94. The second-order valence-corrected chi connectivity index (χ2v) is 6.99. The molecule has 19 heavy (non-hydrogen) atoms. The largest absolute Gasteiger partial charge is 0.398 e. The Hall–Kier alpha value is -1.03. The summed E-state index contributed by atoms with van der Waals surface area (Å²) in [5.74, 6) is -0.0227. The molecule has 1 aromatic carbocycles. The van der Waals surface area contributed by atoms with E-state index in [0.717, 1.165) is 22.9 Å². The van der Waals surface area contributed by atoms with E-state index < -0.39 is 0 Å². The van der Waals surface area contributed by atoms with Crippen molar-refractivity contribution in [2.24, 2.45) is 5.41 Å². The van der Waals surface area contributed by atoms with Gasteiger partial charge in [-0.15, -0.1) is 0 Å². The second-order valence-electron chi connectivity index (χ2n) is 6.07. The maximum absolute atomic E-state index is 12.4. The zero-order valence-corrected chi connectivity index (χ0v) is 13.3. The van der Waals surface area contributed by atoms with Gasteiger partial charge in [-0.2, -0.15) is 0 Å². The quantitative estimate of drug-likeness (QED) is 0.816. The number of carbonyl (C=O) groups is 1. The van der Waals surface area contributed by atoms with Crippen molar-refractivity contribution in [2.45, 2.75) is 46.1 Å². The number of nitrogens with one attached hydrogen (secondary N) is 1. The first-order chi connectivity index (χ1) is 8.81. The number of anilines is 1. The zero-order valence-electron chi connectivity index (χ0n) is 11.7. The average Bonchev–Trinajstić information content (AvgIpc) is 2.63. The molecule has 3 nitrogen and oxygen atoms in total. The molecule has 1 amide bonds. The number of nitrogens with two attached hydrogens (primary N) is 1. The lowest BCUT2D eigenvalue weighted by atomic mass is 9.87. The van der Waals surface area contributed by atoms with E-state index in [1.807, 2.05) is 19.1 Å². The SMILES string of the molecule is Cc1c(N)cc(Br)cc1C(=O)NC1CCCC1(C)C. The maximum atomic E-state index is 12.4. The molecule has 0 radical (unpaired) electrons. The molecule has 1 unspecified atom stereocenters. The Morgan fingerprint density at radius 2 is 2.16 bits per heavy atom. The van der Waals surface area contributed by atoms with Crippen LogP contribution in [0.3, 0.4) is 0 Å². The minimum absolute atomic E-state index is 0.0227. The van der Waals surface area contributed by atoms with E-state index in [4.69, 9.17) is 5.73 Å². The van der Waals surface area contributed by atoms with Crippen LogP contribution in [0.2, 0.25) is 0 Å². The molecule has 1 atom stereocenters. The molecule has 0 aliphatic heterocycles. The number of benzene rings is 1. The van der Waals surface area contributed by atoms with Crippen LogP contribution in [0.5, 0.6) is 0 Å². The summed E-state index contributed by atoms with van der Waals surface area (Å²) >= 11 is 3.39. The van der Waals surface area contributed by atoms with Crippen LogP contribution in [-0.2, 0) is 0 Å². The number of nitrogen functional groups attached to an aromatic ring is 1. The Morgan fingerprint density at radius 1 is 1.47 bits per heavy atom. The van der Waals surface area contributed by atoms with Gasteiger partial charge in [0.25, 0.3) is 5.91 Å². The molecule has 4 heteroatoms. The van der Waals surface area contributed by atoms with Crippen LogP contribution >= 0.6 is 15.9 Å².